The van der Waals surface area contributed by atoms with Crippen molar-refractivity contribution in [2.75, 3.05) is 6.61 Å². The smallest absolute Gasteiger partial charge is 0.329 e. The number of furan rings is 1. The number of benzene rings is 1. The first-order chi connectivity index (χ1) is 13.4. The second-order valence-electron chi connectivity index (χ2n) is 6.04. The molecule has 1 aromatic carbocycles. The summed E-state index contributed by atoms with van der Waals surface area (Å²) in [7, 11) is 0. The SMILES string of the molecule is CC(C)NC(=O)C(=O)N/N=C\c1ccc(OCC(=O)NCc2ccco2)cc1. The van der Waals surface area contributed by atoms with Crippen LogP contribution < -0.4 is 20.8 Å². The molecule has 3 amide bonds. The Morgan fingerprint density at radius 3 is 2.54 bits per heavy atom. The molecule has 3 N–H and O–H groups in total. The van der Waals surface area contributed by atoms with Crippen molar-refractivity contribution in [2.45, 2.75) is 26.4 Å². The molecule has 9 nitrogen and oxygen atoms in total. The molecule has 9 heteroatoms. The summed E-state index contributed by atoms with van der Waals surface area (Å²) < 4.78 is 10.5. The molecule has 1 heterocycles. The van der Waals surface area contributed by atoms with Crippen molar-refractivity contribution < 1.29 is 23.5 Å². The largest absolute Gasteiger partial charge is 0.484 e. The molecule has 148 valence electrons. The average molecular weight is 386 g/mol. The Morgan fingerprint density at radius 1 is 1.14 bits per heavy atom. The van der Waals surface area contributed by atoms with Crippen LogP contribution in [0.3, 0.4) is 0 Å². The van der Waals surface area contributed by atoms with Crippen LogP contribution in [-0.4, -0.2) is 36.6 Å². The van der Waals surface area contributed by atoms with Gasteiger partial charge >= 0.3 is 11.8 Å². The Bertz CT molecular complexity index is 813. The maximum Gasteiger partial charge on any atom is 0.329 e. The van der Waals surface area contributed by atoms with Gasteiger partial charge in [-0.05, 0) is 55.8 Å². The number of hydrogen-bond donors (Lipinski definition) is 3. The summed E-state index contributed by atoms with van der Waals surface area (Å²) >= 11 is 0. The molecule has 0 radical (unpaired) electrons. The fourth-order valence-corrected chi connectivity index (χ4v) is 1.99. The zero-order chi connectivity index (χ0) is 20.4. The third-order valence-electron chi connectivity index (χ3n) is 3.30. The summed E-state index contributed by atoms with van der Waals surface area (Å²) in [6, 6.07) is 10.1. The van der Waals surface area contributed by atoms with E-state index in [2.05, 4.69) is 21.2 Å². The van der Waals surface area contributed by atoms with Gasteiger partial charge in [-0.3, -0.25) is 14.4 Å². The predicted octanol–water partition coefficient (Wildman–Crippen LogP) is 0.949. The minimum absolute atomic E-state index is 0.130. The van der Waals surface area contributed by atoms with E-state index < -0.39 is 11.8 Å². The summed E-state index contributed by atoms with van der Waals surface area (Å²) in [5.41, 5.74) is 2.82. The lowest BCUT2D eigenvalue weighted by Gasteiger charge is -2.07. The minimum Gasteiger partial charge on any atom is -0.484 e. The number of nitrogens with one attached hydrogen (secondary N) is 3. The van der Waals surface area contributed by atoms with E-state index in [-0.39, 0.29) is 18.6 Å². The first-order valence-electron chi connectivity index (χ1n) is 8.60. The van der Waals surface area contributed by atoms with Crippen molar-refractivity contribution in [3.05, 3.63) is 54.0 Å². The van der Waals surface area contributed by atoms with Gasteiger partial charge in [0.25, 0.3) is 5.91 Å². The summed E-state index contributed by atoms with van der Waals surface area (Å²) in [5.74, 6) is -0.701. The van der Waals surface area contributed by atoms with Crippen LogP contribution >= 0.6 is 0 Å². The molecule has 28 heavy (non-hydrogen) atoms. The van der Waals surface area contributed by atoms with Crippen molar-refractivity contribution in [1.82, 2.24) is 16.1 Å². The fraction of sp³-hybridized carbons (Fsp3) is 0.263. The van der Waals surface area contributed by atoms with Gasteiger partial charge in [0.05, 0.1) is 19.0 Å². The number of carbonyl (C=O) groups is 3. The summed E-state index contributed by atoms with van der Waals surface area (Å²) in [5, 5.41) is 8.86. The molecular formula is C19H22N4O5. The van der Waals surface area contributed by atoms with Gasteiger partial charge in [0, 0.05) is 6.04 Å². The van der Waals surface area contributed by atoms with Crippen LogP contribution in [0.4, 0.5) is 0 Å². The quantitative estimate of drug-likeness (QED) is 0.354. The number of rotatable bonds is 8. The fourth-order valence-electron chi connectivity index (χ4n) is 1.99. The lowest BCUT2D eigenvalue weighted by Crippen LogP contribution is -2.41. The third kappa shape index (κ3) is 7.32. The first kappa shape index (κ1) is 20.7. The van der Waals surface area contributed by atoms with E-state index in [0.29, 0.717) is 23.6 Å². The number of carbonyl (C=O) groups excluding carboxylic acids is 3. The molecule has 0 aliphatic heterocycles. The Kier molecular flexibility index (Phi) is 7.77. The van der Waals surface area contributed by atoms with Gasteiger partial charge in [-0.2, -0.15) is 5.10 Å². The second-order valence-corrected chi connectivity index (χ2v) is 6.04. The molecule has 0 spiro atoms. The molecule has 0 saturated heterocycles. The number of hydrogen-bond acceptors (Lipinski definition) is 6. The molecule has 0 aliphatic carbocycles. The number of amides is 3. The Balaban J connectivity index is 1.72. The van der Waals surface area contributed by atoms with E-state index >= 15 is 0 Å². The maximum absolute atomic E-state index is 11.7. The van der Waals surface area contributed by atoms with E-state index in [4.69, 9.17) is 9.15 Å². The Hall–Kier alpha value is -3.62. The van der Waals surface area contributed by atoms with Gasteiger partial charge in [-0.1, -0.05) is 0 Å². The third-order valence-corrected chi connectivity index (χ3v) is 3.30. The number of nitrogens with zero attached hydrogens (tertiary/aromatic N) is 1. The van der Waals surface area contributed by atoms with Gasteiger partial charge in [-0.25, -0.2) is 5.43 Å². The minimum atomic E-state index is -0.842. The molecule has 0 bridgehead atoms. The normalized spacial score (nSPS) is 10.7. The molecule has 0 aliphatic rings. The standard InChI is InChI=1S/C19H22N4O5/c1-13(2)22-18(25)19(26)23-21-10-14-5-7-15(8-6-14)28-12-17(24)20-11-16-4-3-9-27-16/h3-10,13H,11-12H2,1-2H3,(H,20,24)(H,22,25)(H,23,26)/b21-10-. The lowest BCUT2D eigenvalue weighted by atomic mass is 10.2. The van der Waals surface area contributed by atoms with Crippen LogP contribution in [-0.2, 0) is 20.9 Å². The topological polar surface area (TPSA) is 122 Å². The number of hydrazone groups is 1. The van der Waals surface area contributed by atoms with Gasteiger partial charge in [0.2, 0.25) is 0 Å². The summed E-state index contributed by atoms with van der Waals surface area (Å²) in [6.45, 7) is 3.67. The van der Waals surface area contributed by atoms with Crippen molar-refractivity contribution in [2.24, 2.45) is 5.10 Å². The van der Waals surface area contributed by atoms with Crippen LogP contribution in [0.15, 0.2) is 52.2 Å². The average Bonchev–Trinajstić information content (AvgIpc) is 3.18. The van der Waals surface area contributed by atoms with Crippen molar-refractivity contribution in [3.8, 4) is 5.75 Å². The highest BCUT2D eigenvalue weighted by atomic mass is 16.5. The lowest BCUT2D eigenvalue weighted by molar-refractivity contribution is -0.139. The Morgan fingerprint density at radius 2 is 1.89 bits per heavy atom. The van der Waals surface area contributed by atoms with E-state index in [9.17, 15) is 14.4 Å². The molecule has 0 atom stereocenters. The van der Waals surface area contributed by atoms with E-state index in [1.807, 2.05) is 0 Å². The predicted molar refractivity (Wildman–Crippen MR) is 102 cm³/mol. The van der Waals surface area contributed by atoms with Crippen LogP contribution in [0.1, 0.15) is 25.2 Å². The summed E-state index contributed by atoms with van der Waals surface area (Å²) in [4.78, 5) is 34.7. The zero-order valence-corrected chi connectivity index (χ0v) is 15.6. The molecule has 0 fully saturated rings. The summed E-state index contributed by atoms with van der Waals surface area (Å²) in [6.07, 6.45) is 2.93. The zero-order valence-electron chi connectivity index (χ0n) is 15.6. The van der Waals surface area contributed by atoms with Crippen molar-refractivity contribution >= 4 is 23.9 Å². The highest BCUT2D eigenvalue weighted by molar-refractivity contribution is 6.35. The van der Waals surface area contributed by atoms with E-state index in [1.165, 1.54) is 12.5 Å². The Labute approximate surface area is 162 Å². The molecule has 0 saturated carbocycles. The van der Waals surface area contributed by atoms with Crippen LogP contribution in [0.25, 0.3) is 0 Å². The first-order valence-corrected chi connectivity index (χ1v) is 8.60. The molecule has 2 rings (SSSR count). The highest BCUT2D eigenvalue weighted by Gasteiger charge is 2.12. The van der Waals surface area contributed by atoms with Crippen molar-refractivity contribution in [1.29, 1.82) is 0 Å². The van der Waals surface area contributed by atoms with Gasteiger partial charge in [0.15, 0.2) is 6.61 Å². The van der Waals surface area contributed by atoms with Gasteiger partial charge in [0.1, 0.15) is 11.5 Å². The molecular weight excluding hydrogens is 364 g/mol. The van der Waals surface area contributed by atoms with Crippen molar-refractivity contribution in [3.63, 3.8) is 0 Å². The molecule has 2 aromatic rings. The molecule has 0 unspecified atom stereocenters. The monoisotopic (exact) mass is 386 g/mol. The van der Waals surface area contributed by atoms with Gasteiger partial charge in [-0.15, -0.1) is 0 Å². The molecule has 1 aromatic heterocycles. The van der Waals surface area contributed by atoms with E-state index in [1.54, 1.807) is 50.2 Å². The number of ether oxygens (including phenoxy) is 1. The second kappa shape index (κ2) is 10.5. The van der Waals surface area contributed by atoms with Crippen LogP contribution in [0, 0.1) is 0 Å². The highest BCUT2D eigenvalue weighted by Crippen LogP contribution is 2.11. The van der Waals surface area contributed by atoms with Gasteiger partial charge < -0.3 is 19.8 Å². The maximum atomic E-state index is 11.7. The van der Waals surface area contributed by atoms with Crippen LogP contribution in [0.5, 0.6) is 5.75 Å². The van der Waals surface area contributed by atoms with Crippen LogP contribution in [0.2, 0.25) is 0 Å². The van der Waals surface area contributed by atoms with E-state index in [0.717, 1.165) is 0 Å².